The highest BCUT2D eigenvalue weighted by atomic mass is 35.5. The van der Waals surface area contributed by atoms with Crippen LogP contribution in [0.4, 0.5) is 0 Å². The second kappa shape index (κ2) is 6.30. The third-order valence-corrected chi connectivity index (χ3v) is 4.08. The highest BCUT2D eigenvalue weighted by molar-refractivity contribution is 7.89. The minimum Gasteiger partial charge on any atom is -0.316 e. The SMILES string of the molecule is Cl.O=S(=O)(NCC1CCNC1)c1cccnc1. The van der Waals surface area contributed by atoms with Gasteiger partial charge in [-0.3, -0.25) is 4.98 Å². The molecule has 1 fully saturated rings. The fraction of sp³-hybridized carbons (Fsp3) is 0.500. The molecule has 1 aromatic rings. The average molecular weight is 278 g/mol. The Balaban J connectivity index is 0.00000144. The minimum atomic E-state index is -3.39. The monoisotopic (exact) mass is 277 g/mol. The number of sulfonamides is 1. The molecule has 0 radical (unpaired) electrons. The van der Waals surface area contributed by atoms with Gasteiger partial charge in [0, 0.05) is 18.9 Å². The summed E-state index contributed by atoms with van der Waals surface area (Å²) in [6.07, 6.45) is 3.94. The highest BCUT2D eigenvalue weighted by Gasteiger charge is 2.19. The van der Waals surface area contributed by atoms with Gasteiger partial charge in [0.15, 0.2) is 0 Å². The molecule has 0 spiro atoms. The number of pyridine rings is 1. The summed E-state index contributed by atoms with van der Waals surface area (Å²) in [5, 5.41) is 3.20. The molecule has 96 valence electrons. The van der Waals surface area contributed by atoms with Gasteiger partial charge < -0.3 is 5.32 Å². The molecule has 1 aliphatic heterocycles. The lowest BCUT2D eigenvalue weighted by Crippen LogP contribution is -2.30. The Kier molecular flexibility index (Phi) is 5.32. The molecule has 0 saturated carbocycles. The van der Waals surface area contributed by atoms with Crippen LogP contribution < -0.4 is 10.0 Å². The van der Waals surface area contributed by atoms with Crippen molar-refractivity contribution in [1.82, 2.24) is 15.0 Å². The van der Waals surface area contributed by atoms with Gasteiger partial charge in [0.2, 0.25) is 10.0 Å². The second-order valence-electron chi connectivity index (χ2n) is 3.90. The lowest BCUT2D eigenvalue weighted by Gasteiger charge is -2.10. The molecule has 0 bridgehead atoms. The average Bonchev–Trinajstić information content (AvgIpc) is 2.81. The summed E-state index contributed by atoms with van der Waals surface area (Å²) in [5.41, 5.74) is 0. The van der Waals surface area contributed by atoms with Gasteiger partial charge in [-0.2, -0.15) is 0 Å². The van der Waals surface area contributed by atoms with Crippen LogP contribution in [-0.2, 0) is 10.0 Å². The molecular formula is C10H16ClN3O2S. The maximum Gasteiger partial charge on any atom is 0.242 e. The zero-order valence-corrected chi connectivity index (χ0v) is 10.9. The largest absolute Gasteiger partial charge is 0.316 e. The number of hydrogen-bond donors (Lipinski definition) is 2. The van der Waals surface area contributed by atoms with Crippen molar-refractivity contribution < 1.29 is 8.42 Å². The zero-order chi connectivity index (χ0) is 11.4. The van der Waals surface area contributed by atoms with Gasteiger partial charge >= 0.3 is 0 Å². The van der Waals surface area contributed by atoms with E-state index in [1.54, 1.807) is 18.3 Å². The van der Waals surface area contributed by atoms with Gasteiger partial charge in [0.05, 0.1) is 0 Å². The van der Waals surface area contributed by atoms with Crippen LogP contribution in [0.1, 0.15) is 6.42 Å². The van der Waals surface area contributed by atoms with Crippen LogP contribution in [-0.4, -0.2) is 33.0 Å². The fourth-order valence-electron chi connectivity index (χ4n) is 1.71. The van der Waals surface area contributed by atoms with Crippen molar-refractivity contribution in [2.24, 2.45) is 5.92 Å². The van der Waals surface area contributed by atoms with Gasteiger partial charge in [-0.15, -0.1) is 12.4 Å². The predicted octanol–water partition coefficient (Wildman–Crippen LogP) is 0.391. The van der Waals surface area contributed by atoms with E-state index in [2.05, 4.69) is 15.0 Å². The second-order valence-corrected chi connectivity index (χ2v) is 5.67. The van der Waals surface area contributed by atoms with Crippen molar-refractivity contribution in [3.05, 3.63) is 24.5 Å². The molecule has 0 aromatic carbocycles. The lowest BCUT2D eigenvalue weighted by molar-refractivity contribution is 0.538. The number of hydrogen-bond acceptors (Lipinski definition) is 4. The normalized spacial score (nSPS) is 19.9. The van der Waals surface area contributed by atoms with E-state index in [4.69, 9.17) is 0 Å². The Morgan fingerprint density at radius 2 is 2.35 bits per heavy atom. The molecule has 1 aromatic heterocycles. The first-order chi connectivity index (χ1) is 7.68. The Morgan fingerprint density at radius 1 is 1.53 bits per heavy atom. The third kappa shape index (κ3) is 3.92. The van der Waals surface area contributed by atoms with Gasteiger partial charge in [-0.1, -0.05) is 0 Å². The molecule has 0 aliphatic carbocycles. The smallest absolute Gasteiger partial charge is 0.242 e. The molecule has 2 rings (SSSR count). The summed E-state index contributed by atoms with van der Waals surface area (Å²) >= 11 is 0. The van der Waals surface area contributed by atoms with Gasteiger partial charge in [0.1, 0.15) is 4.90 Å². The summed E-state index contributed by atoms with van der Waals surface area (Å²) in [6, 6.07) is 3.16. The number of halogens is 1. The minimum absolute atomic E-state index is 0. The molecule has 2 heterocycles. The first-order valence-electron chi connectivity index (χ1n) is 5.29. The quantitative estimate of drug-likeness (QED) is 0.835. The Labute approximate surface area is 107 Å². The standard InChI is InChI=1S/C10H15N3O2S.ClH/c14-16(15,10-2-1-4-11-8-10)13-7-9-3-5-12-6-9;/h1-2,4,8-9,12-13H,3,5-7H2;1H. The van der Waals surface area contributed by atoms with Crippen molar-refractivity contribution in [2.75, 3.05) is 19.6 Å². The van der Waals surface area contributed by atoms with E-state index in [-0.39, 0.29) is 17.3 Å². The first-order valence-corrected chi connectivity index (χ1v) is 6.77. The molecule has 1 saturated heterocycles. The van der Waals surface area contributed by atoms with E-state index in [0.717, 1.165) is 19.5 Å². The van der Waals surface area contributed by atoms with Crippen LogP contribution in [0.15, 0.2) is 29.4 Å². The van der Waals surface area contributed by atoms with Crippen molar-refractivity contribution in [3.63, 3.8) is 0 Å². The van der Waals surface area contributed by atoms with E-state index in [1.165, 1.54) is 6.20 Å². The first kappa shape index (κ1) is 14.4. The molecule has 1 unspecified atom stereocenters. The van der Waals surface area contributed by atoms with Crippen LogP contribution in [0, 0.1) is 5.92 Å². The van der Waals surface area contributed by atoms with Crippen molar-refractivity contribution in [1.29, 1.82) is 0 Å². The number of nitrogens with one attached hydrogen (secondary N) is 2. The third-order valence-electron chi connectivity index (χ3n) is 2.67. The number of nitrogens with zero attached hydrogens (tertiary/aromatic N) is 1. The van der Waals surface area contributed by atoms with Crippen LogP contribution in [0.25, 0.3) is 0 Å². The van der Waals surface area contributed by atoms with Crippen molar-refractivity contribution in [3.8, 4) is 0 Å². The molecule has 5 nitrogen and oxygen atoms in total. The van der Waals surface area contributed by atoms with E-state index >= 15 is 0 Å². The fourth-order valence-corrected chi connectivity index (χ4v) is 2.78. The van der Waals surface area contributed by atoms with Gasteiger partial charge in [0.25, 0.3) is 0 Å². The molecule has 0 amide bonds. The molecule has 7 heteroatoms. The topological polar surface area (TPSA) is 71.1 Å². The number of rotatable bonds is 4. The number of aromatic nitrogens is 1. The maximum absolute atomic E-state index is 11.8. The summed E-state index contributed by atoms with van der Waals surface area (Å²) in [4.78, 5) is 4.02. The highest BCUT2D eigenvalue weighted by Crippen LogP contribution is 2.09. The molecule has 1 atom stereocenters. The Morgan fingerprint density at radius 3 is 2.94 bits per heavy atom. The summed E-state index contributed by atoms with van der Waals surface area (Å²) in [5.74, 6) is 0.395. The van der Waals surface area contributed by atoms with E-state index in [9.17, 15) is 8.42 Å². The van der Waals surface area contributed by atoms with Gasteiger partial charge in [-0.25, -0.2) is 13.1 Å². The lowest BCUT2D eigenvalue weighted by atomic mass is 10.1. The van der Waals surface area contributed by atoms with Crippen molar-refractivity contribution in [2.45, 2.75) is 11.3 Å². The van der Waals surface area contributed by atoms with Gasteiger partial charge in [-0.05, 0) is 37.6 Å². The van der Waals surface area contributed by atoms with E-state index < -0.39 is 10.0 Å². The van der Waals surface area contributed by atoms with Crippen LogP contribution in [0.2, 0.25) is 0 Å². The molecule has 1 aliphatic rings. The van der Waals surface area contributed by atoms with Crippen molar-refractivity contribution >= 4 is 22.4 Å². The Hall–Kier alpha value is -0.690. The molecule has 2 N–H and O–H groups in total. The maximum atomic E-state index is 11.8. The molecule has 17 heavy (non-hydrogen) atoms. The van der Waals surface area contributed by atoms with Crippen LogP contribution in [0.3, 0.4) is 0 Å². The van der Waals surface area contributed by atoms with E-state index in [1.807, 2.05) is 0 Å². The Bertz CT molecular complexity index is 432. The summed E-state index contributed by atoms with van der Waals surface area (Å²) in [6.45, 7) is 2.35. The van der Waals surface area contributed by atoms with Crippen LogP contribution in [0.5, 0.6) is 0 Å². The zero-order valence-electron chi connectivity index (χ0n) is 9.30. The predicted molar refractivity (Wildman–Crippen MR) is 67.7 cm³/mol. The summed E-state index contributed by atoms with van der Waals surface area (Å²) < 4.78 is 26.2. The molecular weight excluding hydrogens is 262 g/mol. The van der Waals surface area contributed by atoms with Crippen LogP contribution >= 0.6 is 12.4 Å². The summed E-state index contributed by atoms with van der Waals surface area (Å²) in [7, 11) is -3.39. The van der Waals surface area contributed by atoms with E-state index in [0.29, 0.717) is 12.5 Å².